The van der Waals surface area contributed by atoms with Crippen LogP contribution in [0.15, 0.2) is 79.3 Å². The molecule has 2 aromatic carbocycles. The van der Waals surface area contributed by atoms with Crippen LogP contribution in [0.25, 0.3) is 31.8 Å². The molecule has 0 fully saturated rings. The zero-order valence-corrected chi connectivity index (χ0v) is 20.0. The Balaban J connectivity index is 1.48. The zero-order valence-electron chi connectivity index (χ0n) is 19.2. The van der Waals surface area contributed by atoms with Crippen molar-refractivity contribution in [2.45, 2.75) is 13.8 Å². The van der Waals surface area contributed by atoms with Gasteiger partial charge in [-0.15, -0.1) is 11.3 Å². The molecular weight excluding hydrogens is 454 g/mol. The summed E-state index contributed by atoms with van der Waals surface area (Å²) in [5, 5.41) is 15.6. The Labute approximate surface area is 206 Å². The third kappa shape index (κ3) is 4.60. The van der Waals surface area contributed by atoms with Crippen LogP contribution in [0, 0.1) is 25.2 Å². The highest BCUT2D eigenvalue weighted by Gasteiger charge is 2.16. The van der Waals surface area contributed by atoms with Crippen LogP contribution in [0.3, 0.4) is 0 Å². The molecule has 0 unspecified atom stereocenters. The molecule has 5 rings (SSSR count). The number of benzene rings is 2. The summed E-state index contributed by atoms with van der Waals surface area (Å²) < 4.78 is 0.924. The van der Waals surface area contributed by atoms with Gasteiger partial charge in [0, 0.05) is 40.4 Å². The molecule has 2 N–H and O–H groups in total. The average Bonchev–Trinajstić information content (AvgIpc) is 3.31. The molecule has 3 heterocycles. The lowest BCUT2D eigenvalue weighted by Gasteiger charge is -2.11. The van der Waals surface area contributed by atoms with Crippen molar-refractivity contribution in [3.63, 3.8) is 0 Å². The molecule has 0 aliphatic heterocycles. The number of aromatic nitrogens is 2. The molecule has 7 heteroatoms. The third-order valence-corrected chi connectivity index (χ3v) is 6.99. The maximum absolute atomic E-state index is 12.6. The number of pyridine rings is 2. The van der Waals surface area contributed by atoms with Gasteiger partial charge in [0.1, 0.15) is 6.07 Å². The van der Waals surface area contributed by atoms with Gasteiger partial charge in [0.15, 0.2) is 0 Å². The number of thiophene rings is 1. The molecule has 0 saturated heterocycles. The highest BCUT2D eigenvalue weighted by atomic mass is 32.1. The molecule has 3 aromatic heterocycles. The van der Waals surface area contributed by atoms with Crippen LogP contribution in [0.1, 0.15) is 16.7 Å². The van der Waals surface area contributed by atoms with Crippen LogP contribution < -0.4 is 10.6 Å². The highest BCUT2D eigenvalue weighted by molar-refractivity contribution is 7.22. The first-order chi connectivity index (χ1) is 17.0. The van der Waals surface area contributed by atoms with E-state index in [9.17, 15) is 10.1 Å². The molecule has 0 radical (unpaired) electrons. The fourth-order valence-corrected chi connectivity index (χ4v) is 5.06. The summed E-state index contributed by atoms with van der Waals surface area (Å²) in [6.45, 7) is 4.04. The summed E-state index contributed by atoms with van der Waals surface area (Å²) in [4.78, 5) is 22.3. The van der Waals surface area contributed by atoms with Crippen molar-refractivity contribution in [2.24, 2.45) is 0 Å². The minimum atomic E-state index is -0.332. The van der Waals surface area contributed by atoms with Gasteiger partial charge < -0.3 is 10.6 Å². The molecule has 0 bridgehead atoms. The number of rotatable bonds is 4. The lowest BCUT2D eigenvalue weighted by molar-refractivity contribution is 0.262. The standard InChI is InChI=1S/C28H21N5OS/c1-17-6-7-23(12-18(17)2)33-28(34)32-22-5-3-4-20(13-22)26-21(15-29)16-31-24-14-25(35-27(24)26)19-8-10-30-11-9-19/h3-14,16H,1-2H3,(H2,32,33,34). The topological polar surface area (TPSA) is 90.7 Å². The van der Waals surface area contributed by atoms with E-state index in [-0.39, 0.29) is 6.03 Å². The first kappa shape index (κ1) is 22.3. The van der Waals surface area contributed by atoms with Gasteiger partial charge in [-0.05, 0) is 78.6 Å². The molecule has 0 aliphatic carbocycles. The minimum Gasteiger partial charge on any atom is -0.308 e. The van der Waals surface area contributed by atoms with Gasteiger partial charge >= 0.3 is 6.03 Å². The van der Waals surface area contributed by atoms with E-state index in [0.29, 0.717) is 11.3 Å². The van der Waals surface area contributed by atoms with Crippen LogP contribution >= 0.6 is 11.3 Å². The Morgan fingerprint density at radius 2 is 1.69 bits per heavy atom. The second-order valence-corrected chi connectivity index (χ2v) is 9.23. The highest BCUT2D eigenvalue weighted by Crippen LogP contribution is 2.40. The second-order valence-electron chi connectivity index (χ2n) is 8.18. The van der Waals surface area contributed by atoms with Crippen LogP contribution in [-0.4, -0.2) is 16.0 Å². The molecule has 170 valence electrons. The number of nitriles is 1. The van der Waals surface area contributed by atoms with Crippen molar-refractivity contribution in [3.8, 4) is 27.6 Å². The number of hydrogen-bond donors (Lipinski definition) is 2. The summed E-state index contributed by atoms with van der Waals surface area (Å²) in [6.07, 6.45) is 5.12. The average molecular weight is 476 g/mol. The Hall–Kier alpha value is -4.54. The SMILES string of the molecule is Cc1ccc(NC(=O)Nc2cccc(-c3c(C#N)cnc4cc(-c5ccncc5)sc34)c2)cc1C. The fourth-order valence-electron chi connectivity index (χ4n) is 3.87. The van der Waals surface area contributed by atoms with E-state index in [2.05, 4.69) is 26.7 Å². The molecule has 5 aromatic rings. The number of anilines is 2. The summed E-state index contributed by atoms with van der Waals surface area (Å²) in [7, 11) is 0. The van der Waals surface area contributed by atoms with Crippen LogP contribution in [0.4, 0.5) is 16.2 Å². The Bertz CT molecular complexity index is 1600. The molecule has 0 aliphatic rings. The van der Waals surface area contributed by atoms with Gasteiger partial charge in [0.05, 0.1) is 15.8 Å². The normalized spacial score (nSPS) is 10.7. The molecule has 0 spiro atoms. The molecule has 0 atom stereocenters. The number of aryl methyl sites for hydroxylation is 2. The van der Waals surface area contributed by atoms with E-state index in [1.54, 1.807) is 29.9 Å². The van der Waals surface area contributed by atoms with Crippen molar-refractivity contribution >= 4 is 39.0 Å². The molecule has 35 heavy (non-hydrogen) atoms. The second kappa shape index (κ2) is 9.37. The zero-order chi connectivity index (χ0) is 24.4. The van der Waals surface area contributed by atoms with Crippen LogP contribution in [0.5, 0.6) is 0 Å². The maximum atomic E-state index is 12.6. The predicted octanol–water partition coefficient (Wildman–Crippen LogP) is 7.16. The summed E-state index contributed by atoms with van der Waals surface area (Å²) >= 11 is 1.58. The molecule has 0 saturated carbocycles. The number of amides is 2. The van der Waals surface area contributed by atoms with Crippen LogP contribution in [0.2, 0.25) is 0 Å². The number of carbonyl (C=O) groups excluding carboxylic acids is 1. The Morgan fingerprint density at radius 3 is 2.43 bits per heavy atom. The summed E-state index contributed by atoms with van der Waals surface area (Å²) in [6, 6.07) is 21.2. The predicted molar refractivity (Wildman–Crippen MR) is 142 cm³/mol. The molecule has 2 amide bonds. The molecular formula is C28H21N5OS. The number of urea groups is 1. The smallest absolute Gasteiger partial charge is 0.308 e. The third-order valence-electron chi connectivity index (χ3n) is 5.80. The quantitative estimate of drug-likeness (QED) is 0.289. The van der Waals surface area contributed by atoms with Crippen molar-refractivity contribution in [3.05, 3.63) is 95.9 Å². The number of fused-ring (bicyclic) bond motifs is 1. The largest absolute Gasteiger partial charge is 0.323 e. The van der Waals surface area contributed by atoms with E-state index in [0.717, 1.165) is 43.0 Å². The van der Waals surface area contributed by atoms with Crippen molar-refractivity contribution in [1.29, 1.82) is 5.26 Å². The van der Waals surface area contributed by atoms with E-state index < -0.39 is 0 Å². The number of nitrogens with zero attached hydrogens (tertiary/aromatic N) is 3. The van der Waals surface area contributed by atoms with Crippen LogP contribution in [-0.2, 0) is 0 Å². The number of nitrogens with one attached hydrogen (secondary N) is 2. The van der Waals surface area contributed by atoms with Crippen molar-refractivity contribution in [1.82, 2.24) is 9.97 Å². The van der Waals surface area contributed by atoms with Gasteiger partial charge in [-0.3, -0.25) is 9.97 Å². The summed E-state index contributed by atoms with van der Waals surface area (Å²) in [5.74, 6) is 0. The Morgan fingerprint density at radius 1 is 0.914 bits per heavy atom. The van der Waals surface area contributed by atoms with Crippen molar-refractivity contribution < 1.29 is 4.79 Å². The maximum Gasteiger partial charge on any atom is 0.323 e. The van der Waals surface area contributed by atoms with Crippen molar-refractivity contribution in [2.75, 3.05) is 10.6 Å². The number of hydrogen-bond acceptors (Lipinski definition) is 5. The first-order valence-corrected chi connectivity index (χ1v) is 11.8. The van der Waals surface area contributed by atoms with Gasteiger partial charge in [-0.25, -0.2) is 4.79 Å². The molecule has 6 nitrogen and oxygen atoms in total. The lowest BCUT2D eigenvalue weighted by atomic mass is 10.0. The summed E-state index contributed by atoms with van der Waals surface area (Å²) in [5.41, 5.74) is 7.63. The van der Waals surface area contributed by atoms with Gasteiger partial charge in [-0.1, -0.05) is 18.2 Å². The van der Waals surface area contributed by atoms with Gasteiger partial charge in [-0.2, -0.15) is 5.26 Å². The monoisotopic (exact) mass is 475 g/mol. The van der Waals surface area contributed by atoms with Gasteiger partial charge in [0.2, 0.25) is 0 Å². The Kier molecular flexibility index (Phi) is 5.96. The van der Waals surface area contributed by atoms with E-state index in [1.165, 1.54) is 5.56 Å². The van der Waals surface area contributed by atoms with E-state index >= 15 is 0 Å². The first-order valence-electron chi connectivity index (χ1n) is 11.0. The number of carbonyl (C=O) groups is 1. The lowest BCUT2D eigenvalue weighted by Crippen LogP contribution is -2.19. The minimum absolute atomic E-state index is 0.332. The van der Waals surface area contributed by atoms with E-state index in [4.69, 9.17) is 0 Å². The van der Waals surface area contributed by atoms with Gasteiger partial charge in [0.25, 0.3) is 0 Å². The van der Waals surface area contributed by atoms with E-state index in [1.807, 2.05) is 74.5 Å². The fraction of sp³-hybridized carbons (Fsp3) is 0.0714.